The summed E-state index contributed by atoms with van der Waals surface area (Å²) in [5.74, 6) is 0. The Morgan fingerprint density at radius 2 is 1.78 bits per heavy atom. The molecule has 1 rings (SSSR count). The SMILES string of the molecule is CNC1(N(C)C)CCN(C(=O)OC(C)(C)C)CC1. The van der Waals surface area contributed by atoms with E-state index in [9.17, 15) is 4.79 Å². The predicted molar refractivity (Wildman–Crippen MR) is 72.5 cm³/mol. The summed E-state index contributed by atoms with van der Waals surface area (Å²) in [6.45, 7) is 7.15. The zero-order valence-electron chi connectivity index (χ0n) is 12.5. The molecule has 0 unspecified atom stereocenters. The molecule has 0 saturated carbocycles. The second kappa shape index (κ2) is 5.45. The van der Waals surface area contributed by atoms with Crippen molar-refractivity contribution in [3.63, 3.8) is 0 Å². The van der Waals surface area contributed by atoms with E-state index >= 15 is 0 Å². The molecule has 0 spiro atoms. The lowest BCUT2D eigenvalue weighted by molar-refractivity contribution is -0.00324. The number of amides is 1. The molecule has 18 heavy (non-hydrogen) atoms. The Balaban J connectivity index is 2.56. The third-order valence-electron chi connectivity index (χ3n) is 3.56. The second-order valence-corrected chi connectivity index (χ2v) is 6.14. The van der Waals surface area contributed by atoms with Crippen molar-refractivity contribution in [2.24, 2.45) is 0 Å². The van der Waals surface area contributed by atoms with Crippen LogP contribution in [0.3, 0.4) is 0 Å². The van der Waals surface area contributed by atoms with Gasteiger partial charge in [0, 0.05) is 13.1 Å². The Kier molecular flexibility index (Phi) is 4.61. The summed E-state index contributed by atoms with van der Waals surface area (Å²) in [6, 6.07) is 0. The molecule has 0 aromatic heterocycles. The molecule has 0 bridgehead atoms. The fraction of sp³-hybridized carbons (Fsp3) is 0.923. The number of carbonyl (C=O) groups excluding carboxylic acids is 1. The summed E-state index contributed by atoms with van der Waals surface area (Å²) in [7, 11) is 6.11. The van der Waals surface area contributed by atoms with Crippen LogP contribution in [0.25, 0.3) is 0 Å². The van der Waals surface area contributed by atoms with E-state index in [4.69, 9.17) is 4.74 Å². The standard InChI is InChI=1S/C13H27N3O2/c1-12(2,3)18-11(17)16-9-7-13(14-4,8-10-16)15(5)6/h14H,7-10H2,1-6H3. The average Bonchev–Trinajstić information content (AvgIpc) is 2.26. The van der Waals surface area contributed by atoms with Gasteiger partial charge in [0.15, 0.2) is 0 Å². The van der Waals surface area contributed by atoms with E-state index in [-0.39, 0.29) is 11.8 Å². The first-order valence-electron chi connectivity index (χ1n) is 6.54. The molecule has 1 aliphatic heterocycles. The summed E-state index contributed by atoms with van der Waals surface area (Å²) >= 11 is 0. The number of rotatable bonds is 2. The molecule has 106 valence electrons. The maximum absolute atomic E-state index is 12.0. The molecule has 0 aliphatic carbocycles. The maximum Gasteiger partial charge on any atom is 0.410 e. The van der Waals surface area contributed by atoms with E-state index in [0.717, 1.165) is 25.9 Å². The van der Waals surface area contributed by atoms with Crippen molar-refractivity contribution in [2.45, 2.75) is 44.9 Å². The molecule has 1 saturated heterocycles. The van der Waals surface area contributed by atoms with Crippen molar-refractivity contribution < 1.29 is 9.53 Å². The normalized spacial score (nSPS) is 20.1. The fourth-order valence-electron chi connectivity index (χ4n) is 2.31. The zero-order chi connectivity index (χ0) is 14.0. The number of nitrogens with one attached hydrogen (secondary N) is 1. The van der Waals surface area contributed by atoms with Crippen LogP contribution in [0.2, 0.25) is 0 Å². The van der Waals surface area contributed by atoms with E-state index in [1.165, 1.54) is 0 Å². The van der Waals surface area contributed by atoms with Gasteiger partial charge in [0.2, 0.25) is 0 Å². The van der Waals surface area contributed by atoms with E-state index in [1.54, 1.807) is 4.90 Å². The largest absolute Gasteiger partial charge is 0.444 e. The molecular formula is C13H27N3O2. The highest BCUT2D eigenvalue weighted by Gasteiger charge is 2.37. The average molecular weight is 257 g/mol. The van der Waals surface area contributed by atoms with Crippen molar-refractivity contribution in [2.75, 3.05) is 34.2 Å². The lowest BCUT2D eigenvalue weighted by Crippen LogP contribution is -2.61. The molecule has 5 heteroatoms. The van der Waals surface area contributed by atoms with Gasteiger partial charge in [-0.25, -0.2) is 4.79 Å². The number of hydrogen-bond donors (Lipinski definition) is 1. The Hall–Kier alpha value is -0.810. The number of carbonyl (C=O) groups is 1. The Morgan fingerprint density at radius 1 is 1.28 bits per heavy atom. The molecule has 0 atom stereocenters. The van der Waals surface area contributed by atoms with Crippen LogP contribution >= 0.6 is 0 Å². The van der Waals surface area contributed by atoms with Gasteiger partial charge >= 0.3 is 6.09 Å². The first-order chi connectivity index (χ1) is 8.20. The summed E-state index contributed by atoms with van der Waals surface area (Å²) in [5.41, 5.74) is -0.422. The number of likely N-dealkylation sites (tertiary alicyclic amines) is 1. The van der Waals surface area contributed by atoms with Gasteiger partial charge < -0.3 is 15.0 Å². The topological polar surface area (TPSA) is 44.8 Å². The fourth-order valence-corrected chi connectivity index (χ4v) is 2.31. The molecule has 0 radical (unpaired) electrons. The second-order valence-electron chi connectivity index (χ2n) is 6.14. The third kappa shape index (κ3) is 3.59. The monoisotopic (exact) mass is 257 g/mol. The summed E-state index contributed by atoms with van der Waals surface area (Å²) in [6.07, 6.45) is 1.62. The summed E-state index contributed by atoms with van der Waals surface area (Å²) in [5, 5.41) is 3.37. The Labute approximate surface area is 110 Å². The van der Waals surface area contributed by atoms with E-state index in [0.29, 0.717) is 0 Å². The van der Waals surface area contributed by atoms with Crippen LogP contribution in [0, 0.1) is 0 Å². The smallest absolute Gasteiger partial charge is 0.410 e. The van der Waals surface area contributed by atoms with E-state index in [1.807, 2.05) is 27.8 Å². The van der Waals surface area contributed by atoms with Gasteiger partial charge in [-0.05, 0) is 54.8 Å². The molecule has 0 aromatic rings. The first-order valence-corrected chi connectivity index (χ1v) is 6.54. The van der Waals surface area contributed by atoms with Crippen LogP contribution in [-0.2, 0) is 4.74 Å². The quantitative estimate of drug-likeness (QED) is 0.761. The predicted octanol–water partition coefficient (Wildman–Crippen LogP) is 1.49. The van der Waals surface area contributed by atoms with Crippen LogP contribution in [0.15, 0.2) is 0 Å². The number of piperidine rings is 1. The lowest BCUT2D eigenvalue weighted by Gasteiger charge is -2.46. The van der Waals surface area contributed by atoms with Crippen molar-refractivity contribution in [1.82, 2.24) is 15.1 Å². The maximum atomic E-state index is 12.0. The van der Waals surface area contributed by atoms with Crippen LogP contribution in [0.5, 0.6) is 0 Å². The lowest BCUT2D eigenvalue weighted by atomic mass is 9.96. The molecule has 0 aromatic carbocycles. The minimum atomic E-state index is -0.420. The van der Waals surface area contributed by atoms with Crippen molar-refractivity contribution in [3.8, 4) is 0 Å². The van der Waals surface area contributed by atoms with Crippen LogP contribution in [0.1, 0.15) is 33.6 Å². The van der Waals surface area contributed by atoms with Crippen LogP contribution < -0.4 is 5.32 Å². The van der Waals surface area contributed by atoms with Gasteiger partial charge in [0.1, 0.15) is 5.60 Å². The molecule has 1 amide bonds. The molecule has 1 heterocycles. The van der Waals surface area contributed by atoms with Gasteiger partial charge in [-0.3, -0.25) is 4.90 Å². The van der Waals surface area contributed by atoms with Crippen molar-refractivity contribution in [1.29, 1.82) is 0 Å². The van der Waals surface area contributed by atoms with Crippen molar-refractivity contribution >= 4 is 6.09 Å². The Morgan fingerprint density at radius 3 is 2.11 bits per heavy atom. The number of ether oxygens (including phenoxy) is 1. The zero-order valence-corrected chi connectivity index (χ0v) is 12.5. The van der Waals surface area contributed by atoms with E-state index < -0.39 is 5.60 Å². The van der Waals surface area contributed by atoms with E-state index in [2.05, 4.69) is 24.3 Å². The van der Waals surface area contributed by atoms with Crippen molar-refractivity contribution in [3.05, 3.63) is 0 Å². The molecule has 1 N–H and O–H groups in total. The highest BCUT2D eigenvalue weighted by atomic mass is 16.6. The van der Waals surface area contributed by atoms with Crippen LogP contribution in [0.4, 0.5) is 4.79 Å². The minimum Gasteiger partial charge on any atom is -0.444 e. The van der Waals surface area contributed by atoms with Gasteiger partial charge in [-0.15, -0.1) is 0 Å². The third-order valence-corrected chi connectivity index (χ3v) is 3.56. The summed E-state index contributed by atoms with van der Waals surface area (Å²) in [4.78, 5) is 15.9. The highest BCUT2D eigenvalue weighted by Crippen LogP contribution is 2.25. The molecule has 5 nitrogen and oxygen atoms in total. The van der Waals surface area contributed by atoms with Gasteiger partial charge in [-0.1, -0.05) is 0 Å². The first kappa shape index (κ1) is 15.2. The molecule has 1 aliphatic rings. The van der Waals surface area contributed by atoms with Crippen LogP contribution in [-0.4, -0.2) is 61.4 Å². The van der Waals surface area contributed by atoms with Gasteiger partial charge in [0.25, 0.3) is 0 Å². The highest BCUT2D eigenvalue weighted by molar-refractivity contribution is 5.68. The molecular weight excluding hydrogens is 230 g/mol. The number of nitrogens with zero attached hydrogens (tertiary/aromatic N) is 2. The number of hydrogen-bond acceptors (Lipinski definition) is 4. The molecule has 1 fully saturated rings. The summed E-state index contributed by atoms with van der Waals surface area (Å²) < 4.78 is 5.39. The minimum absolute atomic E-state index is 0.00148. The van der Waals surface area contributed by atoms with Gasteiger partial charge in [-0.2, -0.15) is 0 Å². The Bertz CT molecular complexity index is 289. The van der Waals surface area contributed by atoms with Gasteiger partial charge in [0.05, 0.1) is 5.66 Å².